The first-order valence-electron chi connectivity index (χ1n) is 4.55. The lowest BCUT2D eigenvalue weighted by Crippen LogP contribution is -2.67. The standard InChI is InChI=1S/C9H20N2O2/c1-6(10)7(2)11-8(12)13-9(3,4)5/h6-7H,10H2,1-5H3,(H,11,12)/p+1. The van der Waals surface area contributed by atoms with Gasteiger partial charge in [-0.2, -0.15) is 0 Å². The monoisotopic (exact) mass is 189 g/mol. The van der Waals surface area contributed by atoms with E-state index in [1.807, 2.05) is 34.6 Å². The topological polar surface area (TPSA) is 66.0 Å². The van der Waals surface area contributed by atoms with Crippen molar-refractivity contribution in [2.75, 3.05) is 0 Å². The molecule has 0 aromatic carbocycles. The number of ether oxygens (including phenoxy) is 1. The molecule has 0 radical (unpaired) electrons. The van der Waals surface area contributed by atoms with Gasteiger partial charge in [0.1, 0.15) is 11.6 Å². The lowest BCUT2D eigenvalue weighted by Gasteiger charge is -2.22. The average molecular weight is 189 g/mol. The number of alkyl carbamates (subject to hydrolysis) is 1. The van der Waals surface area contributed by atoms with Crippen molar-refractivity contribution in [3.63, 3.8) is 0 Å². The van der Waals surface area contributed by atoms with Crippen molar-refractivity contribution in [1.29, 1.82) is 0 Å². The van der Waals surface area contributed by atoms with E-state index < -0.39 is 5.60 Å². The van der Waals surface area contributed by atoms with Gasteiger partial charge in [0.2, 0.25) is 0 Å². The molecule has 0 heterocycles. The van der Waals surface area contributed by atoms with Crippen molar-refractivity contribution in [1.82, 2.24) is 5.32 Å². The predicted molar refractivity (Wildman–Crippen MR) is 51.2 cm³/mol. The Kier molecular flexibility index (Phi) is 4.20. The number of carbonyl (C=O) groups excluding carboxylic acids is 1. The SMILES string of the molecule is CC([NH3+])C(C)NC(=O)OC(C)(C)C. The zero-order valence-electron chi connectivity index (χ0n) is 9.18. The van der Waals surface area contributed by atoms with E-state index >= 15 is 0 Å². The largest absolute Gasteiger partial charge is 0.444 e. The Morgan fingerprint density at radius 1 is 1.38 bits per heavy atom. The van der Waals surface area contributed by atoms with Crippen LogP contribution in [0.4, 0.5) is 4.79 Å². The summed E-state index contributed by atoms with van der Waals surface area (Å²) in [5.41, 5.74) is 3.38. The van der Waals surface area contributed by atoms with Crippen LogP contribution in [0.3, 0.4) is 0 Å². The minimum Gasteiger partial charge on any atom is -0.444 e. The molecule has 2 atom stereocenters. The third kappa shape index (κ3) is 6.40. The first-order chi connectivity index (χ1) is 5.72. The van der Waals surface area contributed by atoms with Gasteiger partial charge in [0.15, 0.2) is 0 Å². The van der Waals surface area contributed by atoms with Crippen molar-refractivity contribution >= 4 is 6.09 Å². The first kappa shape index (κ1) is 12.2. The number of nitrogens with one attached hydrogen (secondary N) is 1. The molecule has 0 bridgehead atoms. The van der Waals surface area contributed by atoms with Gasteiger partial charge in [-0.25, -0.2) is 4.79 Å². The second kappa shape index (κ2) is 4.46. The maximum absolute atomic E-state index is 11.2. The van der Waals surface area contributed by atoms with Crippen LogP contribution in [0.5, 0.6) is 0 Å². The smallest absolute Gasteiger partial charge is 0.408 e. The van der Waals surface area contributed by atoms with Crippen molar-refractivity contribution in [3.05, 3.63) is 0 Å². The number of quaternary nitrogens is 1. The fourth-order valence-corrected chi connectivity index (χ4v) is 0.636. The molecule has 0 aliphatic carbocycles. The van der Waals surface area contributed by atoms with E-state index in [1.165, 1.54) is 0 Å². The minimum absolute atomic E-state index is 0.0369. The quantitative estimate of drug-likeness (QED) is 0.665. The summed E-state index contributed by atoms with van der Waals surface area (Å²) in [5, 5.41) is 2.71. The lowest BCUT2D eigenvalue weighted by molar-refractivity contribution is -0.419. The Bertz CT molecular complexity index is 173. The lowest BCUT2D eigenvalue weighted by atomic mass is 10.2. The van der Waals surface area contributed by atoms with Gasteiger partial charge in [-0.3, -0.25) is 0 Å². The molecule has 1 amide bonds. The minimum atomic E-state index is -0.436. The first-order valence-corrected chi connectivity index (χ1v) is 4.55. The molecule has 0 fully saturated rings. The molecule has 0 rings (SSSR count). The highest BCUT2D eigenvalue weighted by atomic mass is 16.6. The molecule has 0 saturated carbocycles. The Morgan fingerprint density at radius 3 is 2.15 bits per heavy atom. The van der Waals surface area contributed by atoms with Crippen molar-refractivity contribution in [2.45, 2.75) is 52.3 Å². The molecular formula is C9H21N2O2+. The molecule has 0 aromatic heterocycles. The zero-order valence-corrected chi connectivity index (χ0v) is 9.18. The fourth-order valence-electron chi connectivity index (χ4n) is 0.636. The van der Waals surface area contributed by atoms with Crippen molar-refractivity contribution < 1.29 is 15.3 Å². The summed E-state index contributed by atoms with van der Waals surface area (Å²) in [4.78, 5) is 11.2. The molecule has 13 heavy (non-hydrogen) atoms. The Morgan fingerprint density at radius 2 is 1.85 bits per heavy atom. The van der Waals surface area contributed by atoms with E-state index in [2.05, 4.69) is 11.1 Å². The van der Waals surface area contributed by atoms with E-state index in [0.29, 0.717) is 0 Å². The summed E-state index contributed by atoms with van der Waals surface area (Å²) in [7, 11) is 0. The van der Waals surface area contributed by atoms with Gasteiger partial charge in [0, 0.05) is 0 Å². The van der Waals surface area contributed by atoms with Crippen LogP contribution in [-0.2, 0) is 4.74 Å². The second-order valence-corrected chi connectivity index (χ2v) is 4.41. The molecule has 4 heteroatoms. The molecule has 4 N–H and O–H groups in total. The average Bonchev–Trinajstić information content (AvgIpc) is 1.81. The fraction of sp³-hybridized carbons (Fsp3) is 0.889. The van der Waals surface area contributed by atoms with Crippen LogP contribution in [0.25, 0.3) is 0 Å². The predicted octanol–water partition coefficient (Wildman–Crippen LogP) is 0.530. The van der Waals surface area contributed by atoms with Gasteiger partial charge in [-0.15, -0.1) is 0 Å². The normalized spacial score (nSPS) is 16.2. The van der Waals surface area contributed by atoms with Gasteiger partial charge in [-0.05, 0) is 34.6 Å². The Balaban J connectivity index is 3.89. The highest BCUT2D eigenvalue weighted by Gasteiger charge is 2.19. The molecule has 78 valence electrons. The van der Waals surface area contributed by atoms with Crippen LogP contribution in [0.2, 0.25) is 0 Å². The van der Waals surface area contributed by atoms with Crippen LogP contribution >= 0.6 is 0 Å². The molecular weight excluding hydrogens is 168 g/mol. The molecule has 2 unspecified atom stereocenters. The summed E-state index contributed by atoms with van der Waals surface area (Å²) >= 11 is 0. The number of hydrogen-bond acceptors (Lipinski definition) is 2. The Labute approximate surface area is 79.8 Å². The number of amides is 1. The van der Waals surface area contributed by atoms with E-state index in [4.69, 9.17) is 4.74 Å². The van der Waals surface area contributed by atoms with Crippen LogP contribution in [0.15, 0.2) is 0 Å². The highest BCUT2D eigenvalue weighted by Crippen LogP contribution is 2.06. The number of rotatable bonds is 2. The number of carbonyl (C=O) groups is 1. The second-order valence-electron chi connectivity index (χ2n) is 4.41. The van der Waals surface area contributed by atoms with Crippen LogP contribution < -0.4 is 11.1 Å². The molecule has 0 aliphatic heterocycles. The van der Waals surface area contributed by atoms with Gasteiger partial charge < -0.3 is 15.8 Å². The van der Waals surface area contributed by atoms with E-state index in [-0.39, 0.29) is 18.2 Å². The van der Waals surface area contributed by atoms with Crippen molar-refractivity contribution in [2.24, 2.45) is 0 Å². The third-order valence-electron chi connectivity index (χ3n) is 1.60. The van der Waals surface area contributed by atoms with Crippen LogP contribution in [0, 0.1) is 0 Å². The summed E-state index contributed by atoms with van der Waals surface area (Å²) in [5.74, 6) is 0. The van der Waals surface area contributed by atoms with Crippen molar-refractivity contribution in [3.8, 4) is 0 Å². The molecule has 0 saturated heterocycles. The summed E-state index contributed by atoms with van der Waals surface area (Å²) < 4.78 is 5.08. The maximum Gasteiger partial charge on any atom is 0.408 e. The van der Waals surface area contributed by atoms with Gasteiger partial charge in [0.05, 0.1) is 6.04 Å². The summed E-state index contributed by atoms with van der Waals surface area (Å²) in [6.45, 7) is 9.37. The zero-order chi connectivity index (χ0) is 10.6. The third-order valence-corrected chi connectivity index (χ3v) is 1.60. The molecule has 0 spiro atoms. The van der Waals surface area contributed by atoms with E-state index in [9.17, 15) is 4.79 Å². The molecule has 4 nitrogen and oxygen atoms in total. The summed E-state index contributed by atoms with van der Waals surface area (Å²) in [6, 6.07) is 0.211. The van der Waals surface area contributed by atoms with Gasteiger partial charge >= 0.3 is 6.09 Å². The van der Waals surface area contributed by atoms with Gasteiger partial charge in [-0.1, -0.05) is 0 Å². The molecule has 0 aliphatic rings. The Hall–Kier alpha value is -0.770. The summed E-state index contributed by atoms with van der Waals surface area (Å²) in [6.07, 6.45) is -0.379. The number of hydrogen-bond donors (Lipinski definition) is 2. The highest BCUT2D eigenvalue weighted by molar-refractivity contribution is 5.68. The van der Waals surface area contributed by atoms with Gasteiger partial charge in [0.25, 0.3) is 0 Å². The van der Waals surface area contributed by atoms with Crippen LogP contribution in [-0.4, -0.2) is 23.8 Å². The maximum atomic E-state index is 11.2. The molecule has 0 aromatic rings. The van der Waals surface area contributed by atoms with E-state index in [1.54, 1.807) is 0 Å². The van der Waals surface area contributed by atoms with Crippen LogP contribution in [0.1, 0.15) is 34.6 Å². The van der Waals surface area contributed by atoms with E-state index in [0.717, 1.165) is 0 Å².